The third-order valence-corrected chi connectivity index (χ3v) is 6.09. The molecule has 1 atom stereocenters. The van der Waals surface area contributed by atoms with Gasteiger partial charge in [-0.3, -0.25) is 14.9 Å². The first-order chi connectivity index (χ1) is 15.6. The lowest BCUT2D eigenvalue weighted by Gasteiger charge is -2.36. The largest absolute Gasteiger partial charge is 0.419 e. The molecular formula is C22H22F3N7O. The molecule has 4 heterocycles. The van der Waals surface area contributed by atoms with Crippen LogP contribution in [0.5, 0.6) is 0 Å². The predicted molar refractivity (Wildman–Crippen MR) is 119 cm³/mol. The average Bonchev–Trinajstić information content (AvgIpc) is 3.19. The van der Waals surface area contributed by atoms with Crippen molar-refractivity contribution < 1.29 is 13.2 Å². The van der Waals surface area contributed by atoms with Gasteiger partial charge in [0.15, 0.2) is 0 Å². The smallest absolute Gasteiger partial charge is 0.350 e. The molecule has 0 unspecified atom stereocenters. The van der Waals surface area contributed by atoms with Gasteiger partial charge in [-0.1, -0.05) is 12.1 Å². The van der Waals surface area contributed by atoms with Gasteiger partial charge in [-0.25, -0.2) is 9.97 Å². The highest BCUT2D eigenvalue weighted by atomic mass is 19.4. The maximum Gasteiger partial charge on any atom is 0.419 e. The molecule has 1 fully saturated rings. The molecule has 1 saturated heterocycles. The zero-order valence-corrected chi connectivity index (χ0v) is 18.0. The van der Waals surface area contributed by atoms with Gasteiger partial charge >= 0.3 is 6.18 Å². The molecule has 4 aromatic rings. The van der Waals surface area contributed by atoms with Gasteiger partial charge in [0.05, 0.1) is 16.6 Å². The number of H-pyrrole nitrogens is 2. The van der Waals surface area contributed by atoms with Crippen molar-refractivity contribution in [3.63, 3.8) is 0 Å². The van der Waals surface area contributed by atoms with Crippen LogP contribution in [0.2, 0.25) is 0 Å². The van der Waals surface area contributed by atoms with Gasteiger partial charge < -0.3 is 15.7 Å². The Bertz CT molecular complexity index is 1400. The van der Waals surface area contributed by atoms with E-state index in [4.69, 9.17) is 0 Å². The maximum absolute atomic E-state index is 13.8. The zero-order chi connectivity index (χ0) is 23.4. The highest BCUT2D eigenvalue weighted by Gasteiger charge is 2.36. The average molecular weight is 457 g/mol. The number of benzene rings is 1. The first-order valence-electron chi connectivity index (χ1n) is 10.6. The number of anilines is 1. The van der Waals surface area contributed by atoms with Crippen LogP contribution in [0.4, 0.5) is 19.1 Å². The van der Waals surface area contributed by atoms with Crippen molar-refractivity contribution >= 4 is 27.6 Å². The number of aromatic amines is 2. The lowest BCUT2D eigenvalue weighted by atomic mass is 9.91. The summed E-state index contributed by atoms with van der Waals surface area (Å²) in [7, 11) is 0. The second-order valence-electron chi connectivity index (χ2n) is 8.94. The molecular weight excluding hydrogens is 435 g/mol. The minimum Gasteiger partial charge on any atom is -0.350 e. The zero-order valence-electron chi connectivity index (χ0n) is 18.0. The number of hydrogen-bond donors (Lipinski definition) is 4. The van der Waals surface area contributed by atoms with Gasteiger partial charge in [0, 0.05) is 53.1 Å². The molecule has 1 aromatic carbocycles. The van der Waals surface area contributed by atoms with Crippen molar-refractivity contribution in [3.8, 4) is 11.3 Å². The Balaban J connectivity index is 1.60. The lowest BCUT2D eigenvalue weighted by Crippen LogP contribution is -2.50. The van der Waals surface area contributed by atoms with Gasteiger partial charge in [-0.15, -0.1) is 0 Å². The van der Waals surface area contributed by atoms with Crippen LogP contribution in [0.15, 0.2) is 35.5 Å². The molecule has 0 amide bonds. The fourth-order valence-electron chi connectivity index (χ4n) is 4.24. The highest BCUT2D eigenvalue weighted by molar-refractivity contribution is 6.10. The van der Waals surface area contributed by atoms with E-state index < -0.39 is 17.3 Å². The Morgan fingerprint density at radius 3 is 2.73 bits per heavy atom. The first-order valence-corrected chi connectivity index (χ1v) is 10.6. The molecule has 1 aliphatic heterocycles. The van der Waals surface area contributed by atoms with E-state index in [1.807, 2.05) is 0 Å². The minimum atomic E-state index is -4.66. The monoisotopic (exact) mass is 457 g/mol. The number of piperidine rings is 1. The summed E-state index contributed by atoms with van der Waals surface area (Å²) in [5.74, 6) is 0.118. The summed E-state index contributed by atoms with van der Waals surface area (Å²) in [4.78, 5) is 24.8. The molecule has 8 nitrogen and oxygen atoms in total. The normalized spacial score (nSPS) is 18.6. The van der Waals surface area contributed by atoms with Crippen molar-refractivity contribution in [3.05, 3.63) is 46.6 Å². The summed E-state index contributed by atoms with van der Waals surface area (Å²) in [6.07, 6.45) is 0.814. The van der Waals surface area contributed by atoms with E-state index in [1.165, 1.54) is 6.20 Å². The fourth-order valence-corrected chi connectivity index (χ4v) is 4.24. The van der Waals surface area contributed by atoms with Crippen LogP contribution in [0.25, 0.3) is 32.9 Å². The number of aromatic nitrogens is 5. The molecule has 0 bridgehead atoms. The van der Waals surface area contributed by atoms with Gasteiger partial charge in [-0.2, -0.15) is 13.2 Å². The number of alkyl halides is 3. The molecule has 172 valence electrons. The summed E-state index contributed by atoms with van der Waals surface area (Å²) in [6, 6.07) is 3.31. The van der Waals surface area contributed by atoms with E-state index in [0.29, 0.717) is 28.2 Å². The summed E-state index contributed by atoms with van der Waals surface area (Å²) in [5.41, 5.74) is -1.11. The number of hydrogen-bond acceptors (Lipinski definition) is 6. The second kappa shape index (κ2) is 7.55. The molecule has 0 aliphatic carbocycles. The Labute approximate surface area is 186 Å². The van der Waals surface area contributed by atoms with Crippen LogP contribution < -0.4 is 16.2 Å². The number of nitrogens with one attached hydrogen (secondary N) is 4. The highest BCUT2D eigenvalue weighted by Crippen LogP contribution is 2.39. The number of rotatable bonds is 3. The number of fused-ring (bicyclic) bond motifs is 3. The third kappa shape index (κ3) is 3.92. The Hall–Kier alpha value is -3.47. The van der Waals surface area contributed by atoms with Crippen molar-refractivity contribution in [2.24, 2.45) is 0 Å². The fraction of sp³-hybridized carbons (Fsp3) is 0.364. The molecule has 4 N–H and O–H groups in total. The Morgan fingerprint density at radius 1 is 1.18 bits per heavy atom. The van der Waals surface area contributed by atoms with Crippen LogP contribution in [0, 0.1) is 0 Å². The van der Waals surface area contributed by atoms with Crippen LogP contribution in [-0.4, -0.2) is 43.3 Å². The summed E-state index contributed by atoms with van der Waals surface area (Å²) in [5, 5.41) is 13.0. The van der Waals surface area contributed by atoms with E-state index in [1.54, 1.807) is 18.3 Å². The van der Waals surface area contributed by atoms with Crippen LogP contribution >= 0.6 is 0 Å². The third-order valence-electron chi connectivity index (χ3n) is 6.09. The van der Waals surface area contributed by atoms with Crippen molar-refractivity contribution in [2.75, 3.05) is 11.9 Å². The van der Waals surface area contributed by atoms with Crippen LogP contribution in [0.3, 0.4) is 0 Å². The number of halogens is 3. The minimum absolute atomic E-state index is 0.00380. The standard InChI is InChI=1S/C22H22F3N7O/c1-21(2)6-5-12(8-28-21)30-20-27-10-15(22(23,24)25)17(31-20)14-9-26-18-13(14)4-3-11-7-29-32-19(33)16(11)18/h3-4,7,9-10,12,28-29H,5-6,8H2,1-2H3,(H,32,33)(H,27,30,31)/t12-/m0/s1. The molecule has 3 aromatic heterocycles. The van der Waals surface area contributed by atoms with E-state index in [2.05, 4.69) is 49.6 Å². The van der Waals surface area contributed by atoms with Gasteiger partial charge in [0.1, 0.15) is 5.56 Å². The lowest BCUT2D eigenvalue weighted by molar-refractivity contribution is -0.137. The van der Waals surface area contributed by atoms with E-state index in [-0.39, 0.29) is 28.8 Å². The summed E-state index contributed by atoms with van der Waals surface area (Å²) >= 11 is 0. The van der Waals surface area contributed by atoms with Crippen LogP contribution in [-0.2, 0) is 6.18 Å². The van der Waals surface area contributed by atoms with Gasteiger partial charge in [0.25, 0.3) is 5.56 Å². The molecule has 0 saturated carbocycles. The molecule has 0 spiro atoms. The molecule has 1 aliphatic rings. The van der Waals surface area contributed by atoms with Crippen molar-refractivity contribution in [1.29, 1.82) is 0 Å². The number of nitrogens with zero attached hydrogens (tertiary/aromatic N) is 3. The molecule has 33 heavy (non-hydrogen) atoms. The Morgan fingerprint density at radius 2 is 2.00 bits per heavy atom. The maximum atomic E-state index is 13.8. The Kier molecular flexibility index (Phi) is 4.89. The van der Waals surface area contributed by atoms with E-state index >= 15 is 0 Å². The first kappa shape index (κ1) is 21.4. The SMILES string of the molecule is CC1(C)CC[C@H](Nc2ncc(C(F)(F)F)c(-c3cnc4c3ccc3c[nH][nH]c(=O)c34)n2)CN1. The molecule has 0 radical (unpaired) electrons. The quantitative estimate of drug-likeness (QED) is 0.372. The second-order valence-corrected chi connectivity index (χ2v) is 8.94. The van der Waals surface area contributed by atoms with Gasteiger partial charge in [-0.05, 0) is 26.7 Å². The van der Waals surface area contributed by atoms with E-state index in [0.717, 1.165) is 19.0 Å². The topological polar surface area (TPSA) is 111 Å². The van der Waals surface area contributed by atoms with Gasteiger partial charge in [0.2, 0.25) is 5.95 Å². The molecule has 5 rings (SSSR count). The van der Waals surface area contributed by atoms with Crippen molar-refractivity contribution in [1.82, 2.24) is 30.5 Å². The van der Waals surface area contributed by atoms with Crippen LogP contribution in [0.1, 0.15) is 32.3 Å². The predicted octanol–water partition coefficient (Wildman–Crippen LogP) is 3.82. The van der Waals surface area contributed by atoms with E-state index in [9.17, 15) is 18.0 Å². The summed E-state index contributed by atoms with van der Waals surface area (Å²) < 4.78 is 41.5. The molecule has 11 heteroatoms. The van der Waals surface area contributed by atoms with Crippen molar-refractivity contribution in [2.45, 2.75) is 44.4 Å². The summed E-state index contributed by atoms with van der Waals surface area (Å²) in [6.45, 7) is 4.87.